The minimum atomic E-state index is -4.31. The van der Waals surface area contributed by atoms with Gasteiger partial charge in [0.05, 0.1) is 6.07 Å². The van der Waals surface area contributed by atoms with Gasteiger partial charge in [0.1, 0.15) is 5.54 Å². The summed E-state index contributed by atoms with van der Waals surface area (Å²) in [6.45, 7) is 1.04. The van der Waals surface area contributed by atoms with Crippen molar-refractivity contribution in [1.29, 1.82) is 5.26 Å². The molecule has 1 rings (SSSR count). The van der Waals surface area contributed by atoms with E-state index in [1.54, 1.807) is 7.05 Å². The summed E-state index contributed by atoms with van der Waals surface area (Å²) in [7, 11) is 1.72. The zero-order valence-corrected chi connectivity index (χ0v) is 10.7. The summed E-state index contributed by atoms with van der Waals surface area (Å²) in [5.74, 6) is 0.0629. The van der Waals surface area contributed by atoms with Gasteiger partial charge < -0.3 is 10.1 Å². The Morgan fingerprint density at radius 1 is 1.56 bits per heavy atom. The summed E-state index contributed by atoms with van der Waals surface area (Å²) in [5, 5.41) is 12.2. The Hall–Kier alpha value is -0.800. The maximum absolute atomic E-state index is 12.2. The largest absolute Gasteiger partial charge is 0.414 e. The maximum Gasteiger partial charge on any atom is 0.414 e. The van der Waals surface area contributed by atoms with Crippen molar-refractivity contribution in [3.05, 3.63) is 0 Å². The zero-order chi connectivity index (χ0) is 13.8. The van der Waals surface area contributed by atoms with E-state index in [0.717, 1.165) is 26.2 Å². The molecule has 3 nitrogen and oxygen atoms in total. The molecule has 0 saturated heterocycles. The Morgan fingerprint density at radius 2 is 2.22 bits per heavy atom. The number of halogens is 3. The van der Waals surface area contributed by atoms with Crippen molar-refractivity contribution >= 4 is 0 Å². The van der Waals surface area contributed by atoms with Gasteiger partial charge in [-0.3, -0.25) is 0 Å². The SMILES string of the molecule is CNC1(C#N)CCCC1CCOC(C)C(F)(F)F. The molecular weight excluding hydrogens is 245 g/mol. The van der Waals surface area contributed by atoms with E-state index in [4.69, 9.17) is 4.74 Å². The van der Waals surface area contributed by atoms with Crippen molar-refractivity contribution in [3.8, 4) is 6.07 Å². The Kier molecular flexibility index (Phi) is 5.00. The van der Waals surface area contributed by atoms with Crippen molar-refractivity contribution in [3.63, 3.8) is 0 Å². The minimum absolute atomic E-state index is 0.0381. The van der Waals surface area contributed by atoms with Crippen molar-refractivity contribution in [1.82, 2.24) is 5.32 Å². The molecule has 0 radical (unpaired) electrons. The number of alkyl halides is 3. The Labute approximate surface area is 105 Å². The van der Waals surface area contributed by atoms with Crippen LogP contribution in [-0.2, 0) is 4.74 Å². The molecule has 0 aromatic rings. The van der Waals surface area contributed by atoms with Gasteiger partial charge in [-0.2, -0.15) is 18.4 Å². The highest BCUT2D eigenvalue weighted by Gasteiger charge is 2.42. The van der Waals surface area contributed by atoms with Crippen LogP contribution >= 0.6 is 0 Å². The van der Waals surface area contributed by atoms with Crippen LogP contribution < -0.4 is 5.32 Å². The monoisotopic (exact) mass is 264 g/mol. The molecule has 3 atom stereocenters. The first-order valence-electron chi connectivity index (χ1n) is 6.14. The summed E-state index contributed by atoms with van der Waals surface area (Å²) < 4.78 is 41.5. The zero-order valence-electron chi connectivity index (χ0n) is 10.7. The molecule has 0 aliphatic heterocycles. The Morgan fingerprint density at radius 3 is 2.72 bits per heavy atom. The van der Waals surface area contributed by atoms with Crippen molar-refractivity contribution in [2.24, 2.45) is 5.92 Å². The predicted molar refractivity (Wildman–Crippen MR) is 60.8 cm³/mol. The lowest BCUT2D eigenvalue weighted by atomic mass is 9.86. The first-order chi connectivity index (χ1) is 8.35. The molecule has 0 aromatic heterocycles. The molecular formula is C12H19F3N2O. The van der Waals surface area contributed by atoms with E-state index >= 15 is 0 Å². The summed E-state index contributed by atoms with van der Waals surface area (Å²) in [6.07, 6.45) is -3.05. The van der Waals surface area contributed by atoms with E-state index in [1.165, 1.54) is 0 Å². The van der Waals surface area contributed by atoms with Crippen molar-refractivity contribution < 1.29 is 17.9 Å². The van der Waals surface area contributed by atoms with Crippen molar-refractivity contribution in [2.75, 3.05) is 13.7 Å². The predicted octanol–water partition coefficient (Wildman–Crippen LogP) is 2.63. The third kappa shape index (κ3) is 3.36. The molecule has 18 heavy (non-hydrogen) atoms. The van der Waals surface area contributed by atoms with E-state index in [0.29, 0.717) is 6.42 Å². The third-order valence-corrected chi connectivity index (χ3v) is 3.76. The van der Waals surface area contributed by atoms with E-state index in [2.05, 4.69) is 11.4 Å². The fraction of sp³-hybridized carbons (Fsp3) is 0.917. The molecule has 0 spiro atoms. The minimum Gasteiger partial charge on any atom is -0.369 e. The molecule has 0 heterocycles. The van der Waals surface area contributed by atoms with E-state index in [9.17, 15) is 18.4 Å². The average molecular weight is 264 g/mol. The van der Waals surface area contributed by atoms with Crippen molar-refractivity contribution in [2.45, 2.75) is 50.4 Å². The van der Waals surface area contributed by atoms with Crippen LogP contribution in [0, 0.1) is 17.2 Å². The molecule has 6 heteroatoms. The molecule has 1 aliphatic carbocycles. The summed E-state index contributed by atoms with van der Waals surface area (Å²) in [5.41, 5.74) is -0.592. The van der Waals surface area contributed by atoms with Gasteiger partial charge >= 0.3 is 6.18 Å². The molecule has 1 aliphatic rings. The van der Waals surface area contributed by atoms with Gasteiger partial charge in [-0.15, -0.1) is 0 Å². The molecule has 1 fully saturated rings. The van der Waals surface area contributed by atoms with Crippen LogP contribution in [0.25, 0.3) is 0 Å². The second kappa shape index (κ2) is 5.89. The third-order valence-electron chi connectivity index (χ3n) is 3.76. The lowest BCUT2D eigenvalue weighted by Crippen LogP contribution is -2.45. The highest BCUT2D eigenvalue weighted by molar-refractivity contribution is 5.13. The molecule has 3 unspecified atom stereocenters. The molecule has 1 N–H and O–H groups in total. The van der Waals surface area contributed by atoms with Crippen LogP contribution in [0.1, 0.15) is 32.6 Å². The summed E-state index contributed by atoms with van der Waals surface area (Å²) in [6, 6.07) is 2.26. The fourth-order valence-corrected chi connectivity index (χ4v) is 2.48. The van der Waals surface area contributed by atoms with Gasteiger partial charge in [-0.25, -0.2) is 0 Å². The normalized spacial score (nSPS) is 30.1. The molecule has 104 valence electrons. The van der Waals surface area contributed by atoms with Crippen LogP contribution in [0.2, 0.25) is 0 Å². The van der Waals surface area contributed by atoms with E-state index in [-0.39, 0.29) is 12.5 Å². The van der Waals surface area contributed by atoms with Gasteiger partial charge in [0.25, 0.3) is 0 Å². The molecule has 1 saturated carbocycles. The fourth-order valence-electron chi connectivity index (χ4n) is 2.48. The number of nitrogens with zero attached hydrogens (tertiary/aromatic N) is 1. The van der Waals surface area contributed by atoms with Crippen LogP contribution in [0.5, 0.6) is 0 Å². The smallest absolute Gasteiger partial charge is 0.369 e. The number of ether oxygens (including phenoxy) is 1. The van der Waals surface area contributed by atoms with Crippen LogP contribution in [-0.4, -0.2) is 31.5 Å². The molecule has 0 bridgehead atoms. The highest BCUT2D eigenvalue weighted by Crippen LogP contribution is 2.37. The van der Waals surface area contributed by atoms with Gasteiger partial charge in [-0.1, -0.05) is 6.42 Å². The van der Waals surface area contributed by atoms with Crippen LogP contribution in [0.3, 0.4) is 0 Å². The molecule has 0 amide bonds. The maximum atomic E-state index is 12.2. The number of rotatable bonds is 5. The topological polar surface area (TPSA) is 45.0 Å². The average Bonchev–Trinajstić information content (AvgIpc) is 2.71. The Bertz CT molecular complexity index is 313. The summed E-state index contributed by atoms with van der Waals surface area (Å²) >= 11 is 0. The Balaban J connectivity index is 2.43. The number of nitrogens with one attached hydrogen (secondary N) is 1. The standard InChI is InChI=1S/C12H19F3N2O/c1-9(12(13,14)15)18-7-5-10-4-3-6-11(10,8-16)17-2/h9-10,17H,3-7H2,1-2H3. The molecule has 0 aromatic carbocycles. The van der Waals surface area contributed by atoms with Gasteiger partial charge in [0.2, 0.25) is 0 Å². The van der Waals surface area contributed by atoms with E-state index < -0.39 is 17.8 Å². The van der Waals surface area contributed by atoms with Crippen LogP contribution in [0.15, 0.2) is 0 Å². The van der Waals surface area contributed by atoms with Crippen LogP contribution in [0.4, 0.5) is 13.2 Å². The highest BCUT2D eigenvalue weighted by atomic mass is 19.4. The summed E-state index contributed by atoms with van der Waals surface area (Å²) in [4.78, 5) is 0. The second-order valence-electron chi connectivity index (χ2n) is 4.77. The first kappa shape index (κ1) is 15.3. The number of hydrogen-bond acceptors (Lipinski definition) is 3. The lowest BCUT2D eigenvalue weighted by Gasteiger charge is -2.28. The van der Waals surface area contributed by atoms with Gasteiger partial charge in [0.15, 0.2) is 6.10 Å². The lowest BCUT2D eigenvalue weighted by molar-refractivity contribution is -0.214. The first-order valence-corrected chi connectivity index (χ1v) is 6.14. The van der Waals surface area contributed by atoms with E-state index in [1.807, 2.05) is 0 Å². The quantitative estimate of drug-likeness (QED) is 0.830. The van der Waals surface area contributed by atoms with Gasteiger partial charge in [0, 0.05) is 6.61 Å². The second-order valence-corrected chi connectivity index (χ2v) is 4.77. The van der Waals surface area contributed by atoms with Gasteiger partial charge in [-0.05, 0) is 39.2 Å². The number of nitriles is 1. The number of hydrogen-bond donors (Lipinski definition) is 1.